The molecule has 0 radical (unpaired) electrons. The molecule has 1 amide bonds. The van der Waals surface area contributed by atoms with Crippen molar-refractivity contribution in [2.24, 2.45) is 5.14 Å². The highest BCUT2D eigenvalue weighted by Gasteiger charge is 2.15. The van der Waals surface area contributed by atoms with E-state index in [1.54, 1.807) is 0 Å². The number of amides is 1. The number of sulfonamides is 1. The lowest BCUT2D eigenvalue weighted by molar-refractivity contribution is -0.113. The molecule has 0 atom stereocenters. The summed E-state index contributed by atoms with van der Waals surface area (Å²) in [5.74, 6) is -0.127. The highest BCUT2D eigenvalue weighted by molar-refractivity contribution is 7.99. The van der Waals surface area contributed by atoms with Crippen molar-refractivity contribution in [3.8, 4) is 17.3 Å². The van der Waals surface area contributed by atoms with Crippen molar-refractivity contribution in [3.05, 3.63) is 70.0 Å². The zero-order valence-electron chi connectivity index (χ0n) is 17.8. The molecular weight excluding hydrogens is 462 g/mol. The Bertz CT molecular complexity index is 1370. The van der Waals surface area contributed by atoms with E-state index in [2.05, 4.69) is 29.1 Å². The van der Waals surface area contributed by atoms with Crippen molar-refractivity contribution >= 4 is 33.4 Å². The van der Waals surface area contributed by atoms with Gasteiger partial charge in [0.1, 0.15) is 11.6 Å². The van der Waals surface area contributed by atoms with Crippen LogP contribution in [0.3, 0.4) is 0 Å². The number of anilines is 1. The molecule has 3 aromatic rings. The van der Waals surface area contributed by atoms with Crippen LogP contribution < -0.4 is 16.0 Å². The van der Waals surface area contributed by atoms with E-state index < -0.39 is 21.5 Å². The molecule has 0 spiro atoms. The van der Waals surface area contributed by atoms with Crippen LogP contribution in [0.5, 0.6) is 0 Å². The minimum absolute atomic E-state index is 0.0665. The molecule has 0 fully saturated rings. The third-order valence-corrected chi connectivity index (χ3v) is 6.47. The fraction of sp³-hybridized carbons (Fsp3) is 0.182. The third kappa shape index (κ3) is 6.07. The first-order valence-corrected chi connectivity index (χ1v) is 12.3. The number of carbonyl (C=O) groups excluding carboxylic acids is 1. The summed E-state index contributed by atoms with van der Waals surface area (Å²) in [6.07, 6.45) is 0. The number of nitriles is 1. The van der Waals surface area contributed by atoms with Crippen LogP contribution in [0.4, 0.5) is 5.69 Å². The highest BCUT2D eigenvalue weighted by atomic mass is 32.2. The molecule has 9 nitrogen and oxygen atoms in total. The second-order valence-electron chi connectivity index (χ2n) is 7.39. The second kappa shape index (κ2) is 9.99. The normalized spacial score (nSPS) is 11.2. The average molecular weight is 484 g/mol. The van der Waals surface area contributed by atoms with E-state index >= 15 is 0 Å². The lowest BCUT2D eigenvalue weighted by atomic mass is 10.00. The predicted octanol–water partition coefficient (Wildman–Crippen LogP) is 2.81. The number of benzene rings is 2. The van der Waals surface area contributed by atoms with Crippen LogP contribution in [0, 0.1) is 11.3 Å². The zero-order chi connectivity index (χ0) is 24.2. The number of H-pyrrole nitrogens is 1. The number of thioether (sulfide) groups is 1. The van der Waals surface area contributed by atoms with Gasteiger partial charge in [0.05, 0.1) is 16.3 Å². The quantitative estimate of drug-likeness (QED) is 0.344. The monoisotopic (exact) mass is 483 g/mol. The molecule has 1 aromatic heterocycles. The van der Waals surface area contributed by atoms with E-state index in [1.165, 1.54) is 24.3 Å². The van der Waals surface area contributed by atoms with Crippen LogP contribution in [0.2, 0.25) is 0 Å². The van der Waals surface area contributed by atoms with Gasteiger partial charge in [-0.1, -0.05) is 49.9 Å². The Morgan fingerprint density at radius 3 is 2.36 bits per heavy atom. The van der Waals surface area contributed by atoms with Crippen molar-refractivity contribution in [3.63, 3.8) is 0 Å². The SMILES string of the molecule is CC(C)c1ccc(-c2nc(SCC(=O)Nc3ccc(S(N)(=O)=O)cc3)[nH]c(=O)c2C#N)cc1. The Morgan fingerprint density at radius 1 is 1.18 bits per heavy atom. The Hall–Kier alpha value is -3.46. The molecule has 0 aliphatic heterocycles. The molecule has 3 rings (SSSR count). The maximum Gasteiger partial charge on any atom is 0.270 e. The first-order valence-electron chi connectivity index (χ1n) is 9.78. The van der Waals surface area contributed by atoms with Crippen molar-refractivity contribution in [2.45, 2.75) is 29.8 Å². The average Bonchev–Trinajstić information content (AvgIpc) is 2.77. The smallest absolute Gasteiger partial charge is 0.270 e. The van der Waals surface area contributed by atoms with Gasteiger partial charge in [-0.15, -0.1) is 0 Å². The number of nitrogens with two attached hydrogens (primary N) is 1. The minimum Gasteiger partial charge on any atom is -0.325 e. The molecule has 0 saturated heterocycles. The summed E-state index contributed by atoms with van der Waals surface area (Å²) in [7, 11) is -3.82. The number of nitrogens with zero attached hydrogens (tertiary/aromatic N) is 2. The van der Waals surface area contributed by atoms with Crippen molar-refractivity contribution < 1.29 is 13.2 Å². The molecule has 170 valence electrons. The molecule has 4 N–H and O–H groups in total. The molecular formula is C22H21N5O4S2. The Kier molecular flexibility index (Phi) is 7.33. The first-order chi connectivity index (χ1) is 15.6. The molecule has 33 heavy (non-hydrogen) atoms. The van der Waals surface area contributed by atoms with Gasteiger partial charge in [0.2, 0.25) is 15.9 Å². The number of hydrogen-bond acceptors (Lipinski definition) is 7. The molecule has 11 heteroatoms. The number of primary sulfonamides is 1. The molecule has 0 aliphatic carbocycles. The molecule has 0 unspecified atom stereocenters. The van der Waals surface area contributed by atoms with Gasteiger partial charge in [0, 0.05) is 11.3 Å². The molecule has 2 aromatic carbocycles. The molecule has 0 bridgehead atoms. The fourth-order valence-corrected chi connectivity index (χ4v) is 4.09. The van der Waals surface area contributed by atoms with Crippen molar-refractivity contribution in [1.82, 2.24) is 9.97 Å². The van der Waals surface area contributed by atoms with E-state index in [1.807, 2.05) is 30.3 Å². The van der Waals surface area contributed by atoms with E-state index in [0.29, 0.717) is 17.2 Å². The number of hydrogen-bond donors (Lipinski definition) is 3. The number of aromatic amines is 1. The van der Waals surface area contributed by atoms with Crippen LogP contribution >= 0.6 is 11.8 Å². The first kappa shape index (κ1) is 24.2. The van der Waals surface area contributed by atoms with Crippen LogP contribution in [0.25, 0.3) is 11.3 Å². The zero-order valence-corrected chi connectivity index (χ0v) is 19.5. The van der Waals surface area contributed by atoms with Gasteiger partial charge in [-0.25, -0.2) is 18.5 Å². The summed E-state index contributed by atoms with van der Waals surface area (Å²) in [6.45, 7) is 4.13. The Labute approximate surface area is 195 Å². The minimum atomic E-state index is -3.82. The summed E-state index contributed by atoms with van der Waals surface area (Å²) in [6, 6.07) is 14.8. The van der Waals surface area contributed by atoms with E-state index in [0.717, 1.165) is 17.3 Å². The van der Waals surface area contributed by atoms with Gasteiger partial charge in [-0.2, -0.15) is 5.26 Å². The lowest BCUT2D eigenvalue weighted by Gasteiger charge is -2.09. The number of rotatable bonds is 7. The summed E-state index contributed by atoms with van der Waals surface area (Å²) in [5, 5.41) is 17.3. The number of nitrogens with one attached hydrogen (secondary N) is 2. The van der Waals surface area contributed by atoms with Crippen LogP contribution in [-0.2, 0) is 14.8 Å². The Morgan fingerprint density at radius 2 is 1.82 bits per heavy atom. The van der Waals surface area contributed by atoms with Crippen molar-refractivity contribution in [1.29, 1.82) is 5.26 Å². The third-order valence-electron chi connectivity index (χ3n) is 4.67. The van der Waals surface area contributed by atoms with Crippen LogP contribution in [0.1, 0.15) is 30.9 Å². The van der Waals surface area contributed by atoms with Gasteiger partial charge in [-0.3, -0.25) is 9.59 Å². The van der Waals surface area contributed by atoms with Gasteiger partial charge in [0.25, 0.3) is 5.56 Å². The van der Waals surface area contributed by atoms with Gasteiger partial charge >= 0.3 is 0 Å². The van der Waals surface area contributed by atoms with Crippen LogP contribution in [-0.4, -0.2) is 30.0 Å². The second-order valence-corrected chi connectivity index (χ2v) is 9.91. The van der Waals surface area contributed by atoms with E-state index in [-0.39, 0.29) is 27.1 Å². The molecule has 1 heterocycles. The highest BCUT2D eigenvalue weighted by Crippen LogP contribution is 2.24. The van der Waals surface area contributed by atoms with Gasteiger partial charge in [0.15, 0.2) is 5.16 Å². The maximum absolute atomic E-state index is 12.4. The fourth-order valence-electron chi connectivity index (χ4n) is 2.92. The summed E-state index contributed by atoms with van der Waals surface area (Å²) < 4.78 is 22.6. The Balaban J connectivity index is 1.75. The van der Waals surface area contributed by atoms with Crippen molar-refractivity contribution in [2.75, 3.05) is 11.1 Å². The number of aromatic nitrogens is 2. The summed E-state index contributed by atoms with van der Waals surface area (Å²) in [4.78, 5) is 31.5. The van der Waals surface area contributed by atoms with Crippen LogP contribution in [0.15, 0.2) is 63.4 Å². The molecule has 0 aliphatic rings. The van der Waals surface area contributed by atoms with Gasteiger partial charge in [-0.05, 0) is 35.7 Å². The molecule has 0 saturated carbocycles. The number of carbonyl (C=O) groups is 1. The standard InChI is InChI=1S/C22H21N5O4S2/c1-13(2)14-3-5-15(6-4-14)20-18(11-23)21(29)27-22(26-20)32-12-19(28)25-16-7-9-17(10-8-16)33(24,30)31/h3-10,13H,12H2,1-2H3,(H,25,28)(H2,24,30,31)(H,26,27,29). The predicted molar refractivity (Wildman–Crippen MR) is 126 cm³/mol. The largest absolute Gasteiger partial charge is 0.325 e. The topological polar surface area (TPSA) is 159 Å². The summed E-state index contributed by atoms with van der Waals surface area (Å²) in [5.41, 5.74) is 1.69. The summed E-state index contributed by atoms with van der Waals surface area (Å²) >= 11 is 1.00. The van der Waals surface area contributed by atoms with Gasteiger partial charge < -0.3 is 10.3 Å². The van der Waals surface area contributed by atoms with E-state index in [9.17, 15) is 23.3 Å². The lowest BCUT2D eigenvalue weighted by Crippen LogP contribution is -2.17. The van der Waals surface area contributed by atoms with E-state index in [4.69, 9.17) is 5.14 Å². The maximum atomic E-state index is 12.4.